The molecule has 10 heteroatoms. The van der Waals surface area contributed by atoms with Gasteiger partial charge in [0.15, 0.2) is 12.6 Å². The molecule has 2 fully saturated rings. The predicted octanol–water partition coefficient (Wildman–Crippen LogP) is 7.11. The van der Waals surface area contributed by atoms with E-state index in [0.717, 1.165) is 0 Å². The van der Waals surface area contributed by atoms with Gasteiger partial charge in [0.1, 0.15) is 24.7 Å². The summed E-state index contributed by atoms with van der Waals surface area (Å²) < 4.78 is 36.2. The number of aromatic hydroxyl groups is 2. The molecule has 2 aromatic carbocycles. The highest BCUT2D eigenvalue weighted by atomic mass is 16.7. The zero-order valence-corrected chi connectivity index (χ0v) is 31.4. The molecule has 0 aromatic heterocycles. The van der Waals surface area contributed by atoms with E-state index in [0.29, 0.717) is 59.8 Å². The van der Waals surface area contributed by atoms with Crippen LogP contribution in [0.4, 0.5) is 0 Å². The third-order valence-electron chi connectivity index (χ3n) is 9.28. The van der Waals surface area contributed by atoms with Crippen LogP contribution < -0.4 is 0 Å². The quantitative estimate of drug-likeness (QED) is 0.278. The van der Waals surface area contributed by atoms with Crippen molar-refractivity contribution < 1.29 is 48.2 Å². The van der Waals surface area contributed by atoms with Crippen LogP contribution in [0.2, 0.25) is 0 Å². The second-order valence-corrected chi connectivity index (χ2v) is 17.4. The van der Waals surface area contributed by atoms with E-state index in [9.17, 15) is 19.8 Å². The third kappa shape index (κ3) is 8.77. The van der Waals surface area contributed by atoms with Gasteiger partial charge in [-0.15, -0.1) is 0 Å². The Morgan fingerprint density at radius 3 is 1.22 bits per heavy atom. The summed E-state index contributed by atoms with van der Waals surface area (Å²) in [5.74, 6) is -0.580. The first-order chi connectivity index (χ1) is 22.5. The molecule has 2 heterocycles. The van der Waals surface area contributed by atoms with E-state index in [-0.39, 0.29) is 35.5 Å². The van der Waals surface area contributed by atoms with Gasteiger partial charge in [0.2, 0.25) is 0 Å². The monoisotopic (exact) mass is 684 g/mol. The minimum atomic E-state index is -0.648. The number of rotatable bonds is 8. The molecule has 2 N–H and O–H groups in total. The molecule has 0 bridgehead atoms. The van der Waals surface area contributed by atoms with E-state index in [1.54, 1.807) is 38.1 Å². The molecule has 0 radical (unpaired) electrons. The molecular formula is C39H56O10. The summed E-state index contributed by atoms with van der Waals surface area (Å²) in [7, 11) is 0. The van der Waals surface area contributed by atoms with Gasteiger partial charge in [0, 0.05) is 22.0 Å². The Bertz CT molecular complexity index is 1410. The van der Waals surface area contributed by atoms with Gasteiger partial charge in [-0.05, 0) is 60.1 Å². The van der Waals surface area contributed by atoms with Crippen molar-refractivity contribution in [2.45, 2.75) is 106 Å². The molecule has 272 valence electrons. The molecule has 2 aliphatic rings. The summed E-state index contributed by atoms with van der Waals surface area (Å²) in [5, 5.41) is 21.1. The molecule has 1 spiro atoms. The van der Waals surface area contributed by atoms with Crippen LogP contribution in [-0.2, 0) is 39.3 Å². The van der Waals surface area contributed by atoms with E-state index in [4.69, 9.17) is 28.4 Å². The number of hydrogen-bond acceptors (Lipinski definition) is 10. The van der Waals surface area contributed by atoms with E-state index >= 15 is 0 Å². The number of benzene rings is 2. The largest absolute Gasteiger partial charge is 0.507 e. The molecule has 4 rings (SSSR count). The van der Waals surface area contributed by atoms with Gasteiger partial charge in [0.05, 0.1) is 43.0 Å². The van der Waals surface area contributed by atoms with Crippen LogP contribution in [0.25, 0.3) is 0 Å². The summed E-state index contributed by atoms with van der Waals surface area (Å²) in [4.78, 5) is 26.1. The molecule has 10 nitrogen and oxygen atoms in total. The van der Waals surface area contributed by atoms with E-state index in [1.807, 2.05) is 69.2 Å². The highest BCUT2D eigenvalue weighted by molar-refractivity contribution is 5.91. The van der Waals surface area contributed by atoms with Gasteiger partial charge in [-0.25, -0.2) is 9.59 Å². The predicted molar refractivity (Wildman–Crippen MR) is 185 cm³/mol. The standard InChI is InChI=1S/C39H56O10/c1-23-13-25(15-27(29(23)40)35(3,4)5)31(42)44-17-37(9,10)33-46-19-39(20-47-33)21-48-34(49-22-39)38(11,12)18-45-32(43)26-14-24(2)30(41)28(16-26)36(6,7)8/h13-16,33-34,40-41H,17-22H2,1-12H3. The van der Waals surface area contributed by atoms with Crippen molar-refractivity contribution in [1.29, 1.82) is 0 Å². The van der Waals surface area contributed by atoms with Crippen molar-refractivity contribution in [2.24, 2.45) is 16.2 Å². The van der Waals surface area contributed by atoms with Crippen LogP contribution in [0, 0.1) is 30.1 Å². The maximum absolute atomic E-state index is 13.0. The molecule has 0 amide bonds. The van der Waals surface area contributed by atoms with Crippen LogP contribution >= 0.6 is 0 Å². The number of ether oxygens (including phenoxy) is 6. The zero-order chi connectivity index (χ0) is 36.7. The van der Waals surface area contributed by atoms with Crippen LogP contribution in [0.5, 0.6) is 11.5 Å². The third-order valence-corrected chi connectivity index (χ3v) is 9.28. The van der Waals surface area contributed by atoms with Crippen molar-refractivity contribution in [3.8, 4) is 11.5 Å². The van der Waals surface area contributed by atoms with Gasteiger partial charge in [-0.2, -0.15) is 0 Å². The number of carbonyl (C=O) groups excluding carboxylic acids is 2. The van der Waals surface area contributed by atoms with E-state index in [1.165, 1.54) is 0 Å². The van der Waals surface area contributed by atoms with Crippen molar-refractivity contribution in [3.63, 3.8) is 0 Å². The molecule has 2 aliphatic heterocycles. The van der Waals surface area contributed by atoms with Crippen molar-refractivity contribution in [3.05, 3.63) is 57.6 Å². The van der Waals surface area contributed by atoms with Gasteiger partial charge < -0.3 is 38.6 Å². The van der Waals surface area contributed by atoms with Crippen LogP contribution in [0.1, 0.15) is 112 Å². The first-order valence-electron chi connectivity index (χ1n) is 16.9. The maximum atomic E-state index is 13.0. The highest BCUT2D eigenvalue weighted by Crippen LogP contribution is 2.40. The van der Waals surface area contributed by atoms with Crippen LogP contribution in [-0.4, -0.2) is 74.4 Å². The van der Waals surface area contributed by atoms with Gasteiger partial charge in [0.25, 0.3) is 0 Å². The number of aryl methyl sites for hydroxylation is 2. The van der Waals surface area contributed by atoms with Crippen LogP contribution in [0.15, 0.2) is 24.3 Å². The summed E-state index contributed by atoms with van der Waals surface area (Å²) in [6.07, 6.45) is -1.23. The molecule has 0 saturated carbocycles. The fourth-order valence-corrected chi connectivity index (χ4v) is 6.00. The first-order valence-corrected chi connectivity index (χ1v) is 16.9. The Balaban J connectivity index is 1.28. The summed E-state index contributed by atoms with van der Waals surface area (Å²) >= 11 is 0. The molecule has 0 aliphatic carbocycles. The molecular weight excluding hydrogens is 628 g/mol. The zero-order valence-electron chi connectivity index (χ0n) is 31.4. The fourth-order valence-electron chi connectivity index (χ4n) is 6.00. The fraction of sp³-hybridized carbons (Fsp3) is 0.641. The highest BCUT2D eigenvalue weighted by Gasteiger charge is 2.48. The van der Waals surface area contributed by atoms with Gasteiger partial charge >= 0.3 is 11.9 Å². The second kappa shape index (κ2) is 13.9. The minimum Gasteiger partial charge on any atom is -0.507 e. The molecule has 0 unspecified atom stereocenters. The maximum Gasteiger partial charge on any atom is 0.338 e. The summed E-state index contributed by atoms with van der Waals surface area (Å²) in [6, 6.07) is 6.65. The topological polar surface area (TPSA) is 130 Å². The Morgan fingerprint density at radius 2 is 0.939 bits per heavy atom. The SMILES string of the molecule is Cc1cc(C(=O)OCC(C)(C)C2OCC3(CO2)COC(C(C)(C)COC(=O)c2cc(C)c(O)c(C(C)(C)C)c2)OC3)cc(C(C)(C)C)c1O. The molecule has 49 heavy (non-hydrogen) atoms. The van der Waals surface area contributed by atoms with Crippen molar-refractivity contribution in [2.75, 3.05) is 39.6 Å². The van der Waals surface area contributed by atoms with Crippen molar-refractivity contribution in [1.82, 2.24) is 0 Å². The first kappa shape index (κ1) is 38.6. The average molecular weight is 685 g/mol. The lowest BCUT2D eigenvalue weighted by Gasteiger charge is -2.48. The van der Waals surface area contributed by atoms with Gasteiger partial charge in [-0.1, -0.05) is 69.2 Å². The minimum absolute atomic E-state index is 0.0670. The molecule has 0 atom stereocenters. The molecule has 2 saturated heterocycles. The summed E-state index contributed by atoms with van der Waals surface area (Å²) in [5.41, 5.74) is 0.880. The Labute approximate surface area is 291 Å². The van der Waals surface area contributed by atoms with E-state index in [2.05, 4.69) is 0 Å². The average Bonchev–Trinajstić information content (AvgIpc) is 3.00. The number of esters is 2. The number of hydrogen-bond donors (Lipinski definition) is 2. The van der Waals surface area contributed by atoms with Gasteiger partial charge in [-0.3, -0.25) is 0 Å². The Kier molecular flexibility index (Phi) is 10.9. The second-order valence-electron chi connectivity index (χ2n) is 17.4. The van der Waals surface area contributed by atoms with Crippen molar-refractivity contribution >= 4 is 11.9 Å². The molecule has 2 aromatic rings. The number of phenolic OH excluding ortho intramolecular Hbond substituents is 2. The Hall–Kier alpha value is -3.18. The van der Waals surface area contributed by atoms with E-state index < -0.39 is 40.8 Å². The lowest BCUT2D eigenvalue weighted by molar-refractivity contribution is -0.336. The normalized spacial score (nSPS) is 22.2. The Morgan fingerprint density at radius 1 is 0.633 bits per heavy atom. The number of phenols is 2. The summed E-state index contributed by atoms with van der Waals surface area (Å²) in [6.45, 7) is 24.6. The van der Waals surface area contributed by atoms with Crippen LogP contribution in [0.3, 0.4) is 0 Å². The number of carbonyl (C=O) groups is 2. The smallest absolute Gasteiger partial charge is 0.338 e. The lowest BCUT2D eigenvalue weighted by Crippen LogP contribution is -2.57. The lowest BCUT2D eigenvalue weighted by atomic mass is 9.84.